The smallest absolute Gasteiger partial charge is 0.297 e. The third-order valence-electron chi connectivity index (χ3n) is 19.2. The Bertz CT molecular complexity index is 3660. The van der Waals surface area contributed by atoms with Gasteiger partial charge in [-0.25, -0.2) is 0 Å². The van der Waals surface area contributed by atoms with Gasteiger partial charge in [-0.15, -0.1) is 0 Å². The van der Waals surface area contributed by atoms with Gasteiger partial charge in [-0.3, -0.25) is 0 Å². The maximum absolute atomic E-state index is 7.86. The van der Waals surface area contributed by atoms with E-state index in [2.05, 4.69) is 257 Å². The number of furan rings is 1. The molecule has 0 radical (unpaired) electrons. The van der Waals surface area contributed by atoms with E-state index in [9.17, 15) is 0 Å². The fourth-order valence-corrected chi connectivity index (χ4v) is 14.5. The Morgan fingerprint density at radius 3 is 1.80 bits per heavy atom. The zero-order valence-electron chi connectivity index (χ0n) is 47.7. The van der Waals surface area contributed by atoms with Crippen LogP contribution in [0.15, 0.2) is 150 Å². The van der Waals surface area contributed by atoms with Gasteiger partial charge in [0.15, 0.2) is 0 Å². The van der Waals surface area contributed by atoms with Crippen molar-refractivity contribution in [1.82, 2.24) is 0 Å². The zero-order valence-corrected chi connectivity index (χ0v) is 47.7. The van der Waals surface area contributed by atoms with E-state index < -0.39 is 0 Å². The minimum absolute atomic E-state index is 0.00732. The average Bonchev–Trinajstić information content (AvgIpc) is 4.13. The summed E-state index contributed by atoms with van der Waals surface area (Å²) in [5, 5.41) is 0. The lowest BCUT2D eigenvalue weighted by Crippen LogP contribution is -2.61. The lowest BCUT2D eigenvalue weighted by Gasteiger charge is -2.46. The van der Waals surface area contributed by atoms with E-state index in [1.54, 1.807) is 0 Å². The molecule has 0 atom stereocenters. The number of fused-ring (bicyclic) bond motifs is 10. The third kappa shape index (κ3) is 7.08. The number of para-hydroxylation sites is 1. The molecule has 5 aliphatic rings. The van der Waals surface area contributed by atoms with Crippen LogP contribution in [0.25, 0.3) is 11.1 Å². The van der Waals surface area contributed by atoms with Gasteiger partial charge in [-0.05, 0) is 164 Å². The summed E-state index contributed by atoms with van der Waals surface area (Å²) in [4.78, 5) is 7.87. The molecule has 1 aromatic heterocycles. The van der Waals surface area contributed by atoms with Gasteiger partial charge in [0.1, 0.15) is 5.76 Å². The monoisotopic (exact) mass is 998 g/mol. The van der Waals surface area contributed by atoms with Gasteiger partial charge in [0.25, 0.3) is 6.71 Å². The molecular weight excluding hydrogens is 922 g/mol. The van der Waals surface area contributed by atoms with Gasteiger partial charge in [0, 0.05) is 56.1 Å². The lowest BCUT2D eigenvalue weighted by molar-refractivity contribution is 0.282. The largest absolute Gasteiger partial charge is 0.472 e. The van der Waals surface area contributed by atoms with Crippen LogP contribution in [0.3, 0.4) is 0 Å². The molecule has 0 bridgehead atoms. The van der Waals surface area contributed by atoms with Gasteiger partial charge in [0.05, 0.1) is 22.7 Å². The molecule has 0 N–H and O–H groups in total. The summed E-state index contributed by atoms with van der Waals surface area (Å²) < 4.78 is 7.86. The van der Waals surface area contributed by atoms with Crippen molar-refractivity contribution < 1.29 is 4.42 Å². The van der Waals surface area contributed by atoms with Crippen molar-refractivity contribution in [2.24, 2.45) is 0 Å². The van der Waals surface area contributed by atoms with E-state index in [-0.39, 0.29) is 33.8 Å². The Morgan fingerprint density at radius 1 is 0.487 bits per heavy atom. The highest BCUT2D eigenvalue weighted by atomic mass is 16.3. The van der Waals surface area contributed by atoms with Gasteiger partial charge in [-0.1, -0.05) is 182 Å². The first-order valence-corrected chi connectivity index (χ1v) is 28.5. The number of rotatable bonds is 7. The van der Waals surface area contributed by atoms with Crippen LogP contribution in [0.5, 0.6) is 0 Å². The molecule has 0 amide bonds. The summed E-state index contributed by atoms with van der Waals surface area (Å²) >= 11 is 0. The first kappa shape index (κ1) is 48.9. The summed E-state index contributed by atoms with van der Waals surface area (Å²) in [6.45, 7) is 33.5. The molecule has 76 heavy (non-hydrogen) atoms. The summed E-state index contributed by atoms with van der Waals surface area (Å²) in [5.41, 5.74) is 26.2. The molecule has 0 saturated heterocycles. The summed E-state index contributed by atoms with van der Waals surface area (Å²) in [7, 11) is 0. The Kier molecular flexibility index (Phi) is 10.7. The van der Waals surface area contributed by atoms with E-state index in [0.717, 1.165) is 47.7 Å². The highest BCUT2D eigenvalue weighted by Crippen LogP contribution is 2.59. The van der Waals surface area contributed by atoms with Gasteiger partial charge in [0.2, 0.25) is 0 Å². The van der Waals surface area contributed by atoms with Crippen molar-refractivity contribution in [2.45, 2.75) is 162 Å². The number of anilines is 9. The number of hydrogen-bond acceptors (Lipinski definition) is 4. The lowest BCUT2D eigenvalue weighted by atomic mass is 9.35. The standard InChI is InChI=1S/C71H76BN3O/c1-43(2)45-27-30-48(31-28-45)74-57-34-29-46(44(3)4)39-56(57)72-63-59(74)41-50(73(47-21-16-15-17-22-47)58-26-20-25-54-61(58)51-23-18-19-24-52(51)71(54,13)14)42-60(63)75(49-32-33-53-55(40-49)68(7,8)36-35-67(53,5)6)64-62-65(76-66(64)72)70(11,12)38-37-69(62,9)10/h15-34,39-44H,35-38H2,1-14H3. The van der Waals surface area contributed by atoms with E-state index in [4.69, 9.17) is 4.42 Å². The zero-order chi connectivity index (χ0) is 53.2. The van der Waals surface area contributed by atoms with Gasteiger partial charge < -0.3 is 19.1 Å². The van der Waals surface area contributed by atoms with Crippen LogP contribution in [0.1, 0.15) is 179 Å². The molecule has 3 heterocycles. The predicted octanol–water partition coefficient (Wildman–Crippen LogP) is 18.1. The Balaban J connectivity index is 1.20. The van der Waals surface area contributed by atoms with Crippen LogP contribution in [0, 0.1) is 0 Å². The molecule has 0 fully saturated rings. The van der Waals surface area contributed by atoms with Crippen molar-refractivity contribution in [1.29, 1.82) is 0 Å². The topological polar surface area (TPSA) is 22.9 Å². The first-order valence-electron chi connectivity index (χ1n) is 28.5. The Morgan fingerprint density at radius 2 is 1.09 bits per heavy atom. The van der Waals surface area contributed by atoms with E-state index in [1.165, 1.54) is 102 Å². The third-order valence-corrected chi connectivity index (χ3v) is 19.2. The SMILES string of the molecule is CC(C)c1ccc(N2c3ccc(C(C)C)cc3B3c4oc5c(c4N(c4ccc6c(c4)C(C)(C)CCC6(C)C)c4cc(N(c6ccccc6)c6cccc7c6-c6ccccc6C7(C)C)cc2c43)C(C)(C)CCC5(C)C)cc1. The highest BCUT2D eigenvalue weighted by molar-refractivity contribution is 6.99. The molecule has 8 aromatic rings. The highest BCUT2D eigenvalue weighted by Gasteiger charge is 2.53. The molecular formula is C71H76BN3O. The number of hydrogen-bond donors (Lipinski definition) is 0. The molecule has 0 unspecified atom stereocenters. The van der Waals surface area contributed by atoms with Crippen molar-refractivity contribution >= 4 is 74.5 Å². The molecule has 4 nitrogen and oxygen atoms in total. The first-order chi connectivity index (χ1) is 36.1. The van der Waals surface area contributed by atoms with Crippen molar-refractivity contribution in [3.8, 4) is 11.1 Å². The van der Waals surface area contributed by atoms with Gasteiger partial charge in [-0.2, -0.15) is 0 Å². The van der Waals surface area contributed by atoms with Crippen molar-refractivity contribution in [2.75, 3.05) is 14.7 Å². The van der Waals surface area contributed by atoms with E-state index in [0.29, 0.717) is 11.8 Å². The Labute approximate surface area is 454 Å². The molecule has 3 aliphatic carbocycles. The second-order valence-electron chi connectivity index (χ2n) is 27.0. The van der Waals surface area contributed by atoms with Crippen LogP contribution < -0.4 is 31.3 Å². The maximum atomic E-state index is 7.86. The second-order valence-corrected chi connectivity index (χ2v) is 27.0. The fraction of sp³-hybridized carbons (Fsp3) is 0.352. The second kappa shape index (κ2) is 16.6. The van der Waals surface area contributed by atoms with E-state index >= 15 is 0 Å². The number of nitrogens with zero attached hydrogens (tertiary/aromatic N) is 3. The molecule has 5 heteroatoms. The molecule has 0 spiro atoms. The van der Waals surface area contributed by atoms with Crippen molar-refractivity contribution in [3.63, 3.8) is 0 Å². The normalized spacial score (nSPS) is 18.3. The summed E-state index contributed by atoms with van der Waals surface area (Å²) in [6, 6.07) is 56.6. The quantitative estimate of drug-likeness (QED) is 0.148. The van der Waals surface area contributed by atoms with Crippen LogP contribution in [0.4, 0.5) is 51.2 Å². The minimum atomic E-state index is -0.167. The molecule has 0 saturated carbocycles. The summed E-state index contributed by atoms with van der Waals surface area (Å²) in [5.74, 6) is 1.91. The molecule has 2 aliphatic heterocycles. The Hall–Kier alpha value is -6.72. The summed E-state index contributed by atoms with van der Waals surface area (Å²) in [6.07, 6.45) is 4.45. The average molecular weight is 998 g/mol. The van der Waals surface area contributed by atoms with Crippen LogP contribution in [-0.4, -0.2) is 6.71 Å². The van der Waals surface area contributed by atoms with E-state index in [1.807, 2.05) is 0 Å². The molecule has 7 aromatic carbocycles. The molecule has 384 valence electrons. The minimum Gasteiger partial charge on any atom is -0.472 e. The fourth-order valence-electron chi connectivity index (χ4n) is 14.5. The van der Waals surface area contributed by atoms with Crippen molar-refractivity contribution in [3.05, 3.63) is 190 Å². The van der Waals surface area contributed by atoms with Crippen LogP contribution >= 0.6 is 0 Å². The van der Waals surface area contributed by atoms with Crippen LogP contribution in [-0.2, 0) is 27.1 Å². The van der Waals surface area contributed by atoms with Crippen LogP contribution in [0.2, 0.25) is 0 Å². The van der Waals surface area contributed by atoms with Gasteiger partial charge >= 0.3 is 0 Å². The predicted molar refractivity (Wildman–Crippen MR) is 324 cm³/mol. The molecule has 13 rings (SSSR count). The number of benzene rings is 7. The maximum Gasteiger partial charge on any atom is 0.297 e.